The average Bonchev–Trinajstić information content (AvgIpc) is 2.19. The van der Waals surface area contributed by atoms with Crippen LogP contribution in [-0.2, 0) is 9.59 Å². The molecule has 0 radical (unpaired) electrons. The van der Waals surface area contributed by atoms with Gasteiger partial charge in [-0.15, -0.1) is 0 Å². The van der Waals surface area contributed by atoms with E-state index in [-0.39, 0.29) is 11.5 Å². The van der Waals surface area contributed by atoms with E-state index in [1.165, 1.54) is 18.2 Å². The number of hydrogen-bond acceptors (Lipinski definition) is 3. The minimum atomic E-state index is -1.26. The first-order valence-corrected chi connectivity index (χ1v) is 4.53. The lowest BCUT2D eigenvalue weighted by molar-refractivity contribution is -0.129. The van der Waals surface area contributed by atoms with Gasteiger partial charge in [-0.1, -0.05) is 18.2 Å². The monoisotopic (exact) mass is 221 g/mol. The molecule has 5 nitrogen and oxygen atoms in total. The zero-order valence-corrected chi connectivity index (χ0v) is 8.11. The first-order chi connectivity index (χ1) is 7.59. The molecule has 1 aliphatic heterocycles. The number of nitrogens with two attached hydrogens (primary N) is 1. The minimum Gasteiger partial charge on any atom is -0.369 e. The maximum absolute atomic E-state index is 13.4. The first kappa shape index (κ1) is 10.3. The Labute approximate surface area is 90.2 Å². The van der Waals surface area contributed by atoms with Crippen LogP contribution in [0, 0.1) is 5.82 Å². The van der Waals surface area contributed by atoms with Gasteiger partial charge in [0.2, 0.25) is 11.9 Å². The van der Waals surface area contributed by atoms with Gasteiger partial charge in [0.05, 0.1) is 0 Å². The number of aliphatic imine (C=N–C) groups is 1. The highest BCUT2D eigenvalue weighted by Gasteiger charge is 2.34. The quantitative estimate of drug-likeness (QED) is 0.648. The summed E-state index contributed by atoms with van der Waals surface area (Å²) in [5.41, 5.74) is 5.20. The smallest absolute Gasteiger partial charge is 0.266 e. The number of nitrogens with one attached hydrogen (secondary N) is 1. The highest BCUT2D eigenvalue weighted by atomic mass is 19.1. The van der Waals surface area contributed by atoms with Gasteiger partial charge in [-0.2, -0.15) is 4.99 Å². The second-order valence-corrected chi connectivity index (χ2v) is 3.28. The molecule has 3 N–H and O–H groups in total. The Hall–Kier alpha value is -2.24. The Morgan fingerprint density at radius 2 is 2.00 bits per heavy atom. The molecule has 1 aromatic carbocycles. The van der Waals surface area contributed by atoms with E-state index < -0.39 is 23.5 Å². The Morgan fingerprint density at radius 3 is 2.62 bits per heavy atom. The van der Waals surface area contributed by atoms with Crippen LogP contribution in [0.1, 0.15) is 11.5 Å². The molecule has 0 saturated heterocycles. The fourth-order valence-electron chi connectivity index (χ4n) is 1.51. The van der Waals surface area contributed by atoms with E-state index in [4.69, 9.17) is 5.73 Å². The number of hydrogen-bond donors (Lipinski definition) is 2. The second kappa shape index (κ2) is 3.73. The Balaban J connectivity index is 2.46. The summed E-state index contributed by atoms with van der Waals surface area (Å²) in [5.74, 6) is -3.56. The summed E-state index contributed by atoms with van der Waals surface area (Å²) in [4.78, 5) is 26.4. The molecule has 1 atom stereocenters. The van der Waals surface area contributed by atoms with Crippen LogP contribution in [0.3, 0.4) is 0 Å². The van der Waals surface area contributed by atoms with Crippen molar-refractivity contribution in [1.29, 1.82) is 0 Å². The molecule has 0 bridgehead atoms. The predicted octanol–water partition coefficient (Wildman–Crippen LogP) is -0.120. The van der Waals surface area contributed by atoms with E-state index in [1.807, 2.05) is 0 Å². The third kappa shape index (κ3) is 1.65. The van der Waals surface area contributed by atoms with Crippen molar-refractivity contribution in [2.45, 2.75) is 5.92 Å². The van der Waals surface area contributed by atoms with Crippen molar-refractivity contribution in [3.8, 4) is 0 Å². The molecule has 2 rings (SSSR count). The second-order valence-electron chi connectivity index (χ2n) is 3.28. The summed E-state index contributed by atoms with van der Waals surface area (Å²) >= 11 is 0. The Bertz CT molecular complexity index is 499. The van der Waals surface area contributed by atoms with Gasteiger partial charge in [0.15, 0.2) is 0 Å². The van der Waals surface area contributed by atoms with E-state index >= 15 is 0 Å². The molecule has 0 saturated carbocycles. The summed E-state index contributed by atoms with van der Waals surface area (Å²) < 4.78 is 13.4. The molecule has 1 unspecified atom stereocenters. The third-order valence-corrected chi connectivity index (χ3v) is 2.21. The molecule has 1 heterocycles. The van der Waals surface area contributed by atoms with Crippen molar-refractivity contribution in [3.63, 3.8) is 0 Å². The third-order valence-electron chi connectivity index (χ3n) is 2.21. The standard InChI is InChI=1S/C10H8FN3O2/c11-6-4-2-1-3-5(6)7-8(15)13-10(12)14-9(7)16/h1-4,7H,(H3,12,13,14,15,16). The van der Waals surface area contributed by atoms with Crippen LogP contribution in [0.2, 0.25) is 0 Å². The molecule has 16 heavy (non-hydrogen) atoms. The van der Waals surface area contributed by atoms with E-state index in [0.29, 0.717) is 0 Å². The maximum Gasteiger partial charge on any atom is 0.266 e. The van der Waals surface area contributed by atoms with Gasteiger partial charge in [-0.3, -0.25) is 14.9 Å². The maximum atomic E-state index is 13.4. The van der Waals surface area contributed by atoms with Crippen molar-refractivity contribution in [1.82, 2.24) is 5.32 Å². The van der Waals surface area contributed by atoms with Gasteiger partial charge < -0.3 is 5.73 Å². The Kier molecular flexibility index (Phi) is 2.40. The number of guanidine groups is 1. The number of carbonyl (C=O) groups excluding carboxylic acids is 2. The topological polar surface area (TPSA) is 84.5 Å². The van der Waals surface area contributed by atoms with E-state index in [9.17, 15) is 14.0 Å². The van der Waals surface area contributed by atoms with Crippen molar-refractivity contribution in [2.75, 3.05) is 0 Å². The molecule has 1 aliphatic rings. The van der Waals surface area contributed by atoms with Crippen molar-refractivity contribution in [2.24, 2.45) is 10.7 Å². The number of benzene rings is 1. The van der Waals surface area contributed by atoms with Crippen LogP contribution in [0.15, 0.2) is 29.3 Å². The van der Waals surface area contributed by atoms with Gasteiger partial charge >= 0.3 is 0 Å². The predicted molar refractivity (Wildman–Crippen MR) is 53.9 cm³/mol. The fraction of sp³-hybridized carbons (Fsp3) is 0.100. The van der Waals surface area contributed by atoms with E-state index in [0.717, 1.165) is 0 Å². The lowest BCUT2D eigenvalue weighted by Gasteiger charge is -2.18. The number of amides is 2. The van der Waals surface area contributed by atoms with Gasteiger partial charge in [0.25, 0.3) is 5.91 Å². The normalized spacial score (nSPS) is 20.3. The molecule has 82 valence electrons. The van der Waals surface area contributed by atoms with E-state index in [1.54, 1.807) is 6.07 Å². The molecule has 6 heteroatoms. The number of carbonyl (C=O) groups is 2. The largest absolute Gasteiger partial charge is 0.369 e. The van der Waals surface area contributed by atoms with Crippen LogP contribution in [0.5, 0.6) is 0 Å². The summed E-state index contributed by atoms with van der Waals surface area (Å²) in [6.45, 7) is 0. The van der Waals surface area contributed by atoms with Gasteiger partial charge in [-0.05, 0) is 6.07 Å². The lowest BCUT2D eigenvalue weighted by Crippen LogP contribution is -2.46. The zero-order chi connectivity index (χ0) is 11.7. The van der Waals surface area contributed by atoms with Crippen molar-refractivity contribution in [3.05, 3.63) is 35.6 Å². The number of rotatable bonds is 1. The summed E-state index contributed by atoms with van der Waals surface area (Å²) in [5, 5.41) is 2.19. The first-order valence-electron chi connectivity index (χ1n) is 4.53. The molecule has 0 spiro atoms. The molecular formula is C10H8FN3O2. The molecule has 1 aromatic rings. The van der Waals surface area contributed by atoms with Crippen molar-refractivity contribution < 1.29 is 14.0 Å². The molecule has 0 aromatic heterocycles. The SMILES string of the molecule is NC1=NC(=O)C(c2ccccc2F)C(=O)N1. The highest BCUT2D eigenvalue weighted by Crippen LogP contribution is 2.22. The van der Waals surface area contributed by atoms with Crippen LogP contribution in [-0.4, -0.2) is 17.8 Å². The molecular weight excluding hydrogens is 213 g/mol. The van der Waals surface area contributed by atoms with E-state index in [2.05, 4.69) is 10.3 Å². The molecule has 2 amide bonds. The fourth-order valence-corrected chi connectivity index (χ4v) is 1.51. The molecule has 0 fully saturated rings. The molecule has 0 aliphatic carbocycles. The van der Waals surface area contributed by atoms with Gasteiger partial charge in [-0.25, -0.2) is 4.39 Å². The van der Waals surface area contributed by atoms with Crippen molar-refractivity contribution >= 4 is 17.8 Å². The number of nitrogens with zero attached hydrogens (tertiary/aromatic N) is 1. The Morgan fingerprint density at radius 1 is 1.31 bits per heavy atom. The van der Waals surface area contributed by atoms with Gasteiger partial charge in [0.1, 0.15) is 11.7 Å². The highest BCUT2D eigenvalue weighted by molar-refractivity contribution is 6.18. The average molecular weight is 221 g/mol. The minimum absolute atomic E-state index is 0.00116. The van der Waals surface area contributed by atoms with Crippen LogP contribution >= 0.6 is 0 Å². The van der Waals surface area contributed by atoms with Crippen LogP contribution in [0.25, 0.3) is 0 Å². The van der Waals surface area contributed by atoms with Gasteiger partial charge in [0, 0.05) is 5.56 Å². The summed E-state index contributed by atoms with van der Waals surface area (Å²) in [7, 11) is 0. The van der Waals surface area contributed by atoms with Crippen LogP contribution < -0.4 is 11.1 Å². The summed E-state index contributed by atoms with van der Waals surface area (Å²) in [6.07, 6.45) is 0. The van der Waals surface area contributed by atoms with Crippen LogP contribution in [0.4, 0.5) is 4.39 Å². The number of halogens is 1. The summed E-state index contributed by atoms with van der Waals surface area (Å²) in [6, 6.07) is 5.56. The lowest BCUT2D eigenvalue weighted by atomic mass is 9.96. The zero-order valence-electron chi connectivity index (χ0n) is 8.11.